The Kier molecular flexibility index (Phi) is 9.25. The second kappa shape index (κ2) is 12.4. The van der Waals surface area contributed by atoms with Crippen LogP contribution in [0.5, 0.6) is 11.5 Å². The van der Waals surface area contributed by atoms with Gasteiger partial charge in [0.2, 0.25) is 5.91 Å². The lowest BCUT2D eigenvalue weighted by atomic mass is 10.1. The van der Waals surface area contributed by atoms with Crippen molar-refractivity contribution in [3.8, 4) is 11.5 Å². The standard InChI is InChI=1S/C28H29BrN2O5/c1-17-6-5-7-18(2)28(17)36-23-10-8-21(9-11-23)30-24(32)12-13-26(34)35-16-25(33)31-22-14-19(3)27(29)20(4)15-22/h5-11,14-15H,12-13,16H2,1-4H3,(H,30,32)(H,31,33). The molecule has 3 aromatic carbocycles. The summed E-state index contributed by atoms with van der Waals surface area (Å²) in [5.74, 6) is 0.0582. The lowest BCUT2D eigenvalue weighted by molar-refractivity contribution is -0.147. The first-order chi connectivity index (χ1) is 17.1. The van der Waals surface area contributed by atoms with Crippen LogP contribution in [0.4, 0.5) is 11.4 Å². The van der Waals surface area contributed by atoms with Crippen LogP contribution < -0.4 is 15.4 Å². The SMILES string of the molecule is Cc1cc(NC(=O)COC(=O)CCC(=O)Nc2ccc(Oc3c(C)cccc3C)cc2)cc(C)c1Br. The maximum atomic E-state index is 12.2. The van der Waals surface area contributed by atoms with Crippen molar-refractivity contribution in [1.29, 1.82) is 0 Å². The Balaban J connectivity index is 1.40. The lowest BCUT2D eigenvalue weighted by Crippen LogP contribution is -2.22. The summed E-state index contributed by atoms with van der Waals surface area (Å²) in [5.41, 5.74) is 5.25. The molecule has 0 spiro atoms. The van der Waals surface area contributed by atoms with E-state index in [1.165, 1.54) is 0 Å². The largest absolute Gasteiger partial charge is 0.457 e. The Morgan fingerprint density at radius 2 is 1.33 bits per heavy atom. The van der Waals surface area contributed by atoms with Crippen LogP contribution in [0.2, 0.25) is 0 Å². The molecule has 2 N–H and O–H groups in total. The van der Waals surface area contributed by atoms with Crippen LogP contribution >= 0.6 is 15.9 Å². The van der Waals surface area contributed by atoms with E-state index in [0.29, 0.717) is 17.1 Å². The van der Waals surface area contributed by atoms with E-state index >= 15 is 0 Å². The Morgan fingerprint density at radius 1 is 0.750 bits per heavy atom. The van der Waals surface area contributed by atoms with Gasteiger partial charge in [-0.25, -0.2) is 0 Å². The number of aryl methyl sites for hydroxylation is 4. The Labute approximate surface area is 219 Å². The minimum atomic E-state index is -0.624. The number of benzene rings is 3. The van der Waals surface area contributed by atoms with Crippen LogP contribution in [0.3, 0.4) is 0 Å². The second-order valence-electron chi connectivity index (χ2n) is 8.53. The van der Waals surface area contributed by atoms with Crippen molar-refractivity contribution in [2.24, 2.45) is 0 Å². The predicted molar refractivity (Wildman–Crippen MR) is 144 cm³/mol. The highest BCUT2D eigenvalue weighted by atomic mass is 79.9. The van der Waals surface area contributed by atoms with Crippen molar-refractivity contribution in [3.63, 3.8) is 0 Å². The summed E-state index contributed by atoms with van der Waals surface area (Å²) in [5, 5.41) is 5.44. The molecule has 36 heavy (non-hydrogen) atoms. The number of para-hydroxylation sites is 1. The van der Waals surface area contributed by atoms with Crippen LogP contribution in [-0.4, -0.2) is 24.4 Å². The summed E-state index contributed by atoms with van der Waals surface area (Å²) in [6, 6.07) is 16.6. The molecule has 2 amide bonds. The average Bonchev–Trinajstić information content (AvgIpc) is 2.83. The number of carbonyl (C=O) groups is 3. The third-order valence-electron chi connectivity index (χ3n) is 5.41. The number of amides is 2. The van der Waals surface area contributed by atoms with E-state index in [1.807, 2.05) is 58.0 Å². The first kappa shape index (κ1) is 26.9. The maximum absolute atomic E-state index is 12.2. The molecule has 188 valence electrons. The molecule has 0 saturated carbocycles. The molecule has 0 radical (unpaired) electrons. The monoisotopic (exact) mass is 552 g/mol. The van der Waals surface area contributed by atoms with Gasteiger partial charge in [-0.2, -0.15) is 0 Å². The van der Waals surface area contributed by atoms with Crippen LogP contribution in [0.25, 0.3) is 0 Å². The molecule has 8 heteroatoms. The van der Waals surface area contributed by atoms with Crippen molar-refractivity contribution >= 4 is 45.1 Å². The van der Waals surface area contributed by atoms with E-state index in [4.69, 9.17) is 9.47 Å². The van der Waals surface area contributed by atoms with E-state index in [9.17, 15) is 14.4 Å². The second-order valence-corrected chi connectivity index (χ2v) is 9.32. The molecule has 0 heterocycles. The zero-order valence-electron chi connectivity index (χ0n) is 20.7. The number of esters is 1. The summed E-state index contributed by atoms with van der Waals surface area (Å²) in [4.78, 5) is 36.3. The molecule has 0 saturated heterocycles. The molecule has 0 aliphatic heterocycles. The van der Waals surface area contributed by atoms with Gasteiger partial charge in [0.25, 0.3) is 5.91 Å². The van der Waals surface area contributed by atoms with Gasteiger partial charge in [-0.05, 0) is 86.3 Å². The smallest absolute Gasteiger partial charge is 0.306 e. The van der Waals surface area contributed by atoms with Crippen molar-refractivity contribution in [3.05, 3.63) is 81.3 Å². The molecular weight excluding hydrogens is 524 g/mol. The summed E-state index contributed by atoms with van der Waals surface area (Å²) < 4.78 is 11.9. The lowest BCUT2D eigenvalue weighted by Gasteiger charge is -2.12. The first-order valence-corrected chi connectivity index (χ1v) is 12.3. The Bertz CT molecular complexity index is 1230. The predicted octanol–water partition coefficient (Wildman–Crippen LogP) is 6.38. The normalized spacial score (nSPS) is 10.5. The van der Waals surface area contributed by atoms with Gasteiger partial charge in [-0.3, -0.25) is 14.4 Å². The summed E-state index contributed by atoms with van der Waals surface area (Å²) in [6.45, 7) is 7.40. The molecule has 0 fully saturated rings. The molecule has 0 atom stereocenters. The Morgan fingerprint density at radius 3 is 1.94 bits per heavy atom. The zero-order chi connectivity index (χ0) is 26.2. The highest BCUT2D eigenvalue weighted by Gasteiger charge is 2.12. The van der Waals surface area contributed by atoms with Gasteiger partial charge in [0.05, 0.1) is 6.42 Å². The topological polar surface area (TPSA) is 93.7 Å². The van der Waals surface area contributed by atoms with Gasteiger partial charge < -0.3 is 20.1 Å². The van der Waals surface area contributed by atoms with Crippen LogP contribution in [0.15, 0.2) is 59.1 Å². The number of nitrogens with one attached hydrogen (secondary N) is 2. The number of hydrogen-bond acceptors (Lipinski definition) is 5. The fraction of sp³-hybridized carbons (Fsp3) is 0.250. The highest BCUT2D eigenvalue weighted by molar-refractivity contribution is 9.10. The Hall–Kier alpha value is -3.65. The number of rotatable bonds is 9. The first-order valence-electron chi connectivity index (χ1n) is 11.5. The van der Waals surface area contributed by atoms with Gasteiger partial charge >= 0.3 is 5.97 Å². The van der Waals surface area contributed by atoms with E-state index in [1.54, 1.807) is 24.3 Å². The third-order valence-corrected chi connectivity index (χ3v) is 6.66. The number of hydrogen-bond donors (Lipinski definition) is 2. The quantitative estimate of drug-likeness (QED) is 0.300. The highest BCUT2D eigenvalue weighted by Crippen LogP contribution is 2.29. The van der Waals surface area contributed by atoms with Crippen molar-refractivity contribution in [2.45, 2.75) is 40.5 Å². The molecule has 0 bridgehead atoms. The van der Waals surface area contributed by atoms with Crippen LogP contribution in [-0.2, 0) is 19.1 Å². The molecule has 3 aromatic rings. The average molecular weight is 553 g/mol. The summed E-state index contributed by atoms with van der Waals surface area (Å²) in [7, 11) is 0. The third kappa shape index (κ3) is 7.68. The van der Waals surface area contributed by atoms with Gasteiger partial charge in [0.15, 0.2) is 6.61 Å². The minimum absolute atomic E-state index is 0.0633. The molecule has 0 aliphatic rings. The van der Waals surface area contributed by atoms with Crippen LogP contribution in [0.1, 0.15) is 35.1 Å². The zero-order valence-corrected chi connectivity index (χ0v) is 22.3. The molecule has 0 aromatic heterocycles. The number of anilines is 2. The van der Waals surface area contributed by atoms with Crippen molar-refractivity contribution in [2.75, 3.05) is 17.2 Å². The van der Waals surface area contributed by atoms with Gasteiger partial charge in [-0.15, -0.1) is 0 Å². The number of ether oxygens (including phenoxy) is 2. The summed E-state index contributed by atoms with van der Waals surface area (Å²) in [6.07, 6.45) is -0.199. The molecule has 0 unspecified atom stereocenters. The van der Waals surface area contributed by atoms with Crippen molar-refractivity contribution < 1.29 is 23.9 Å². The number of halogens is 1. The molecular formula is C28H29BrN2O5. The minimum Gasteiger partial charge on any atom is -0.457 e. The van der Waals surface area contributed by atoms with E-state index in [0.717, 1.165) is 32.5 Å². The van der Waals surface area contributed by atoms with Crippen LogP contribution in [0, 0.1) is 27.7 Å². The van der Waals surface area contributed by atoms with Gasteiger partial charge in [0.1, 0.15) is 11.5 Å². The summed E-state index contributed by atoms with van der Waals surface area (Å²) >= 11 is 3.48. The molecule has 3 rings (SSSR count). The fourth-order valence-corrected chi connectivity index (χ4v) is 3.79. The molecule has 0 aliphatic carbocycles. The van der Waals surface area contributed by atoms with E-state index < -0.39 is 18.5 Å². The van der Waals surface area contributed by atoms with E-state index in [2.05, 4.69) is 26.6 Å². The number of carbonyl (C=O) groups excluding carboxylic acids is 3. The van der Waals surface area contributed by atoms with Gasteiger partial charge in [0, 0.05) is 22.3 Å². The van der Waals surface area contributed by atoms with Gasteiger partial charge in [-0.1, -0.05) is 34.1 Å². The fourth-order valence-electron chi connectivity index (χ4n) is 3.56. The molecule has 7 nitrogen and oxygen atoms in total. The van der Waals surface area contributed by atoms with E-state index in [-0.39, 0.29) is 18.7 Å². The maximum Gasteiger partial charge on any atom is 0.306 e. The van der Waals surface area contributed by atoms with Crippen molar-refractivity contribution in [1.82, 2.24) is 0 Å².